The largest absolute Gasteiger partial charge is 0.494 e. The fourth-order valence-corrected chi connectivity index (χ4v) is 2.74. The topological polar surface area (TPSA) is 101 Å². The van der Waals surface area contributed by atoms with Crippen LogP contribution in [0.15, 0.2) is 54.6 Å². The molecule has 0 N–H and O–H groups in total. The Bertz CT molecular complexity index is 990. The number of rotatable bonds is 6. The van der Waals surface area contributed by atoms with E-state index in [1.54, 1.807) is 24.3 Å². The van der Waals surface area contributed by atoms with Crippen LogP contribution in [-0.4, -0.2) is 29.4 Å². The van der Waals surface area contributed by atoms with Crippen molar-refractivity contribution in [1.29, 1.82) is 0 Å². The maximum atomic E-state index is 12.8. The summed E-state index contributed by atoms with van der Waals surface area (Å²) in [5.74, 6) is -0.588. The monoisotopic (exact) mass is 368 g/mol. The number of pyridine rings is 1. The van der Waals surface area contributed by atoms with Gasteiger partial charge in [0.05, 0.1) is 12.6 Å². The summed E-state index contributed by atoms with van der Waals surface area (Å²) in [6.45, 7) is 1.26. The van der Waals surface area contributed by atoms with Crippen LogP contribution in [0.1, 0.15) is 17.3 Å². The number of esters is 1. The van der Waals surface area contributed by atoms with Crippen LogP contribution in [-0.2, 0) is 9.57 Å². The highest BCUT2D eigenvalue weighted by atomic mass is 17.0. The van der Waals surface area contributed by atoms with Gasteiger partial charge in [-0.25, -0.2) is 9.78 Å². The minimum Gasteiger partial charge on any atom is -0.494 e. The fraction of sp³-hybridized carbons (Fsp3) is 0.158. The highest BCUT2D eigenvalue weighted by Gasteiger charge is 2.25. The molecule has 0 saturated heterocycles. The molecule has 0 aliphatic carbocycles. The summed E-state index contributed by atoms with van der Waals surface area (Å²) in [5.41, 5.74) is 1.91. The highest BCUT2D eigenvalue weighted by Crippen LogP contribution is 2.36. The standard InChI is InChI=1S/C19H16N2O6/c1-12(27-21(23)24)26-19(22)16-14-10-6-7-11-15(14)20-17(18(16)25-2)13-8-4-3-5-9-13/h3-12H,1-2H3. The fourth-order valence-electron chi connectivity index (χ4n) is 2.74. The quantitative estimate of drug-likeness (QED) is 0.283. The molecule has 1 aromatic heterocycles. The lowest BCUT2D eigenvalue weighted by Crippen LogP contribution is -2.21. The van der Waals surface area contributed by atoms with Crippen molar-refractivity contribution in [3.8, 4) is 17.0 Å². The number of fused-ring (bicyclic) bond motifs is 1. The lowest BCUT2D eigenvalue weighted by molar-refractivity contribution is -0.777. The summed E-state index contributed by atoms with van der Waals surface area (Å²) in [6, 6.07) is 16.2. The van der Waals surface area contributed by atoms with Crippen LogP contribution >= 0.6 is 0 Å². The van der Waals surface area contributed by atoms with Crippen LogP contribution in [0.25, 0.3) is 22.2 Å². The number of carbonyl (C=O) groups is 1. The number of para-hydroxylation sites is 1. The van der Waals surface area contributed by atoms with Crippen LogP contribution in [0.4, 0.5) is 0 Å². The number of carbonyl (C=O) groups excluding carboxylic acids is 1. The normalized spacial score (nSPS) is 11.6. The van der Waals surface area contributed by atoms with Crippen LogP contribution in [0.5, 0.6) is 5.75 Å². The first kappa shape index (κ1) is 18.1. The van der Waals surface area contributed by atoms with Gasteiger partial charge in [0.15, 0.2) is 5.75 Å². The molecular weight excluding hydrogens is 352 g/mol. The number of hydrogen-bond acceptors (Lipinski definition) is 7. The molecule has 0 fully saturated rings. The van der Waals surface area contributed by atoms with E-state index in [0.29, 0.717) is 16.6 Å². The zero-order valence-corrected chi connectivity index (χ0v) is 14.6. The van der Waals surface area contributed by atoms with E-state index < -0.39 is 17.3 Å². The van der Waals surface area contributed by atoms with Gasteiger partial charge in [-0.1, -0.05) is 48.5 Å². The first-order valence-corrected chi connectivity index (χ1v) is 8.05. The van der Waals surface area contributed by atoms with Gasteiger partial charge in [0, 0.05) is 10.9 Å². The van der Waals surface area contributed by atoms with Gasteiger partial charge in [0.2, 0.25) is 6.29 Å². The Morgan fingerprint density at radius 2 is 1.78 bits per heavy atom. The van der Waals surface area contributed by atoms with E-state index >= 15 is 0 Å². The lowest BCUT2D eigenvalue weighted by atomic mass is 10.0. The first-order chi connectivity index (χ1) is 13.0. The van der Waals surface area contributed by atoms with E-state index in [2.05, 4.69) is 9.82 Å². The van der Waals surface area contributed by atoms with Crippen LogP contribution in [0, 0.1) is 10.1 Å². The van der Waals surface area contributed by atoms with Gasteiger partial charge >= 0.3 is 5.97 Å². The number of benzene rings is 2. The zero-order valence-electron chi connectivity index (χ0n) is 14.6. The smallest absolute Gasteiger partial charge is 0.344 e. The number of hydrogen-bond donors (Lipinski definition) is 0. The van der Waals surface area contributed by atoms with Gasteiger partial charge in [-0.05, 0) is 13.0 Å². The van der Waals surface area contributed by atoms with E-state index in [-0.39, 0.29) is 11.3 Å². The van der Waals surface area contributed by atoms with Crippen molar-refractivity contribution in [3.05, 3.63) is 70.3 Å². The van der Waals surface area contributed by atoms with Crippen LogP contribution in [0.3, 0.4) is 0 Å². The number of methoxy groups -OCH3 is 1. The summed E-state index contributed by atoms with van der Waals surface area (Å²) < 4.78 is 10.6. The molecule has 27 heavy (non-hydrogen) atoms. The van der Waals surface area contributed by atoms with Gasteiger partial charge in [-0.2, -0.15) is 0 Å². The average molecular weight is 368 g/mol. The average Bonchev–Trinajstić information content (AvgIpc) is 2.66. The predicted octanol–water partition coefficient (Wildman–Crippen LogP) is 3.62. The molecule has 1 unspecified atom stereocenters. The SMILES string of the molecule is COc1c(-c2ccccc2)nc2ccccc2c1C(=O)OC(C)O[N+](=O)[O-]. The van der Waals surface area contributed by atoms with Crippen LogP contribution < -0.4 is 4.74 Å². The first-order valence-electron chi connectivity index (χ1n) is 8.05. The molecule has 2 aromatic carbocycles. The Labute approximate surface area is 154 Å². The molecule has 8 nitrogen and oxygen atoms in total. The summed E-state index contributed by atoms with van der Waals surface area (Å²) >= 11 is 0. The van der Waals surface area contributed by atoms with Gasteiger partial charge in [0.1, 0.15) is 11.3 Å². The Hall–Kier alpha value is -3.68. The van der Waals surface area contributed by atoms with E-state index in [1.807, 2.05) is 30.3 Å². The molecule has 138 valence electrons. The predicted molar refractivity (Wildman–Crippen MR) is 96.7 cm³/mol. The van der Waals surface area contributed by atoms with Crippen molar-refractivity contribution in [2.75, 3.05) is 7.11 Å². The number of ether oxygens (including phenoxy) is 2. The van der Waals surface area contributed by atoms with E-state index in [1.165, 1.54) is 14.0 Å². The van der Waals surface area contributed by atoms with Gasteiger partial charge in [0.25, 0.3) is 5.09 Å². The molecule has 3 aromatic rings. The molecular formula is C19H16N2O6. The van der Waals surface area contributed by atoms with Crippen LogP contribution in [0.2, 0.25) is 0 Å². The molecule has 0 aliphatic heterocycles. The molecule has 0 amide bonds. The minimum atomic E-state index is -1.37. The summed E-state index contributed by atoms with van der Waals surface area (Å²) in [6.07, 6.45) is -1.37. The number of nitrogens with zero attached hydrogens (tertiary/aromatic N) is 2. The molecule has 0 saturated carbocycles. The van der Waals surface area contributed by atoms with Crippen molar-refractivity contribution >= 4 is 16.9 Å². The van der Waals surface area contributed by atoms with Gasteiger partial charge < -0.3 is 9.47 Å². The molecule has 0 aliphatic rings. The van der Waals surface area contributed by atoms with Crippen molar-refractivity contribution < 1.29 is 24.2 Å². The van der Waals surface area contributed by atoms with Crippen molar-refractivity contribution in [3.63, 3.8) is 0 Å². The molecule has 0 spiro atoms. The molecule has 1 heterocycles. The van der Waals surface area contributed by atoms with E-state index in [0.717, 1.165) is 5.56 Å². The zero-order chi connectivity index (χ0) is 19.4. The Morgan fingerprint density at radius 1 is 1.11 bits per heavy atom. The van der Waals surface area contributed by atoms with Gasteiger partial charge in [-0.3, -0.25) is 4.84 Å². The van der Waals surface area contributed by atoms with E-state index in [9.17, 15) is 14.9 Å². The summed E-state index contributed by atoms with van der Waals surface area (Å²) in [7, 11) is 1.42. The minimum absolute atomic E-state index is 0.126. The third-order valence-electron chi connectivity index (χ3n) is 3.81. The third kappa shape index (κ3) is 3.79. The van der Waals surface area contributed by atoms with Crippen molar-refractivity contribution in [2.45, 2.75) is 13.2 Å². The third-order valence-corrected chi connectivity index (χ3v) is 3.81. The Morgan fingerprint density at radius 3 is 2.44 bits per heavy atom. The number of aromatic nitrogens is 1. The maximum Gasteiger partial charge on any atom is 0.344 e. The molecule has 0 bridgehead atoms. The molecule has 8 heteroatoms. The second-order valence-corrected chi connectivity index (χ2v) is 5.55. The lowest BCUT2D eigenvalue weighted by Gasteiger charge is -2.17. The Balaban J connectivity index is 2.17. The molecule has 0 radical (unpaired) electrons. The second-order valence-electron chi connectivity index (χ2n) is 5.55. The molecule has 1 atom stereocenters. The maximum absolute atomic E-state index is 12.8. The van der Waals surface area contributed by atoms with Gasteiger partial charge in [-0.15, -0.1) is 10.1 Å². The summed E-state index contributed by atoms with van der Waals surface area (Å²) in [5, 5.41) is 9.95. The van der Waals surface area contributed by atoms with E-state index in [4.69, 9.17) is 9.47 Å². The van der Waals surface area contributed by atoms with Crippen molar-refractivity contribution in [2.24, 2.45) is 0 Å². The summed E-state index contributed by atoms with van der Waals surface area (Å²) in [4.78, 5) is 32.1. The highest BCUT2D eigenvalue weighted by molar-refractivity contribution is 6.08. The Kier molecular flexibility index (Phi) is 5.16. The molecule has 3 rings (SSSR count). The second kappa shape index (κ2) is 7.69. The van der Waals surface area contributed by atoms with Crippen molar-refractivity contribution in [1.82, 2.24) is 4.98 Å².